The van der Waals surface area contributed by atoms with E-state index in [1.165, 1.54) is 16.7 Å². The third-order valence-corrected chi connectivity index (χ3v) is 4.18. The number of rotatable bonds is 6. The monoisotopic (exact) mass is 308 g/mol. The summed E-state index contributed by atoms with van der Waals surface area (Å²) in [5, 5.41) is 0. The largest absolute Gasteiger partial charge is 0.423 e. The van der Waals surface area contributed by atoms with E-state index in [2.05, 4.69) is 51.6 Å². The van der Waals surface area contributed by atoms with Gasteiger partial charge in [0.15, 0.2) is 0 Å². The molecule has 2 heteroatoms. The lowest BCUT2D eigenvalue weighted by atomic mass is 9.78. The molecule has 2 aromatic rings. The van der Waals surface area contributed by atoms with Crippen LogP contribution in [0.15, 0.2) is 61.2 Å². The molecule has 0 radical (unpaired) electrons. The van der Waals surface area contributed by atoms with E-state index in [4.69, 9.17) is 4.74 Å². The van der Waals surface area contributed by atoms with E-state index < -0.39 is 5.97 Å². The Morgan fingerprint density at radius 3 is 2.04 bits per heavy atom. The third-order valence-electron chi connectivity index (χ3n) is 4.18. The molecule has 0 spiro atoms. The molecular weight excluding hydrogens is 284 g/mol. The molecule has 0 fully saturated rings. The zero-order valence-electron chi connectivity index (χ0n) is 14.1. The number of hydrogen-bond donors (Lipinski definition) is 0. The maximum absolute atomic E-state index is 11.2. The van der Waals surface area contributed by atoms with Crippen LogP contribution in [0.5, 0.6) is 5.75 Å². The van der Waals surface area contributed by atoms with Crippen molar-refractivity contribution in [3.8, 4) is 5.75 Å². The zero-order chi connectivity index (χ0) is 16.9. The van der Waals surface area contributed by atoms with Crippen molar-refractivity contribution in [3.05, 3.63) is 77.9 Å². The highest BCUT2D eigenvalue weighted by Gasteiger charge is 2.23. The molecule has 0 aliphatic rings. The van der Waals surface area contributed by atoms with Crippen molar-refractivity contribution >= 4 is 5.97 Å². The first kappa shape index (κ1) is 17.0. The summed E-state index contributed by atoms with van der Waals surface area (Å²) in [5.74, 6) is 0.0938. The average molecular weight is 308 g/mol. The van der Waals surface area contributed by atoms with E-state index in [9.17, 15) is 4.79 Å². The minimum absolute atomic E-state index is 0.105. The Bertz CT molecular complexity index is 664. The summed E-state index contributed by atoms with van der Waals surface area (Å²) in [4.78, 5) is 11.2. The summed E-state index contributed by atoms with van der Waals surface area (Å²) in [5.41, 5.74) is 3.72. The number of carbonyl (C=O) groups is 1. The van der Waals surface area contributed by atoms with Gasteiger partial charge in [0.1, 0.15) is 5.75 Å². The number of aryl methyl sites for hydroxylation is 1. The van der Waals surface area contributed by atoms with E-state index in [1.807, 2.05) is 24.3 Å². The Labute approximate surface area is 138 Å². The maximum Gasteiger partial charge on any atom is 0.335 e. The molecular formula is C21H24O2. The van der Waals surface area contributed by atoms with E-state index in [1.54, 1.807) is 0 Å². The van der Waals surface area contributed by atoms with E-state index in [0.717, 1.165) is 18.9 Å². The lowest BCUT2D eigenvalue weighted by molar-refractivity contribution is -0.128. The first-order valence-corrected chi connectivity index (χ1v) is 8.01. The van der Waals surface area contributed by atoms with Crippen LogP contribution in [0, 0.1) is 0 Å². The smallest absolute Gasteiger partial charge is 0.335 e. The van der Waals surface area contributed by atoms with Gasteiger partial charge in [-0.3, -0.25) is 0 Å². The van der Waals surface area contributed by atoms with Crippen LogP contribution < -0.4 is 4.74 Å². The van der Waals surface area contributed by atoms with Gasteiger partial charge in [0.2, 0.25) is 0 Å². The number of ether oxygens (including phenoxy) is 1. The second-order valence-corrected chi connectivity index (χ2v) is 6.22. The minimum Gasteiger partial charge on any atom is -0.423 e. The van der Waals surface area contributed by atoms with Crippen LogP contribution in [0.3, 0.4) is 0 Å². The summed E-state index contributed by atoms with van der Waals surface area (Å²) < 4.78 is 5.12. The van der Waals surface area contributed by atoms with Crippen molar-refractivity contribution in [1.82, 2.24) is 0 Å². The van der Waals surface area contributed by atoms with E-state index in [-0.39, 0.29) is 5.41 Å². The number of esters is 1. The normalized spacial score (nSPS) is 11.1. The van der Waals surface area contributed by atoms with E-state index >= 15 is 0 Å². The van der Waals surface area contributed by atoms with Crippen LogP contribution in [0.2, 0.25) is 0 Å². The fourth-order valence-corrected chi connectivity index (χ4v) is 2.64. The number of hydrogen-bond acceptors (Lipinski definition) is 2. The molecule has 0 atom stereocenters. The predicted molar refractivity (Wildman–Crippen MR) is 94.8 cm³/mol. The second kappa shape index (κ2) is 7.28. The lowest BCUT2D eigenvalue weighted by Crippen LogP contribution is -2.18. The van der Waals surface area contributed by atoms with Gasteiger partial charge < -0.3 is 4.74 Å². The van der Waals surface area contributed by atoms with Crippen molar-refractivity contribution in [3.63, 3.8) is 0 Å². The summed E-state index contributed by atoms with van der Waals surface area (Å²) in [7, 11) is 0. The van der Waals surface area contributed by atoms with Crippen LogP contribution in [-0.4, -0.2) is 5.97 Å². The van der Waals surface area contributed by atoms with Gasteiger partial charge in [0.05, 0.1) is 0 Å². The molecule has 0 saturated heterocycles. The van der Waals surface area contributed by atoms with Gasteiger partial charge in [-0.05, 0) is 35.2 Å². The maximum atomic E-state index is 11.2. The number of carbonyl (C=O) groups excluding carboxylic acids is 1. The Balaban J connectivity index is 2.21. The minimum atomic E-state index is -0.441. The van der Waals surface area contributed by atoms with Gasteiger partial charge >= 0.3 is 5.97 Å². The molecule has 23 heavy (non-hydrogen) atoms. The van der Waals surface area contributed by atoms with Crippen LogP contribution in [0.4, 0.5) is 0 Å². The molecule has 120 valence electrons. The van der Waals surface area contributed by atoms with Crippen molar-refractivity contribution in [2.75, 3.05) is 0 Å². The molecule has 0 heterocycles. The van der Waals surface area contributed by atoms with Crippen molar-refractivity contribution in [2.45, 2.75) is 39.0 Å². The van der Waals surface area contributed by atoms with Crippen LogP contribution in [0.25, 0.3) is 0 Å². The van der Waals surface area contributed by atoms with Gasteiger partial charge in [0, 0.05) is 11.5 Å². The van der Waals surface area contributed by atoms with Crippen molar-refractivity contribution in [2.24, 2.45) is 0 Å². The average Bonchev–Trinajstić information content (AvgIpc) is 2.56. The van der Waals surface area contributed by atoms with Crippen LogP contribution in [-0.2, 0) is 16.6 Å². The Morgan fingerprint density at radius 2 is 1.57 bits per heavy atom. The van der Waals surface area contributed by atoms with Gasteiger partial charge in [-0.2, -0.15) is 0 Å². The fourth-order valence-electron chi connectivity index (χ4n) is 2.64. The standard InChI is InChI=1S/C21H24O2/c1-5-7-16-8-10-17(11-9-16)21(3,4)18-12-14-19(15-13-18)23-20(22)6-2/h6,8-15H,2,5,7H2,1,3-4H3. The molecule has 0 aromatic heterocycles. The summed E-state index contributed by atoms with van der Waals surface area (Å²) in [6.07, 6.45) is 3.44. The molecule has 2 rings (SSSR count). The molecule has 2 aromatic carbocycles. The number of benzene rings is 2. The predicted octanol–water partition coefficient (Wildman–Crippen LogP) is 5.06. The fraction of sp³-hybridized carbons (Fsp3) is 0.286. The molecule has 0 bridgehead atoms. The first-order valence-electron chi connectivity index (χ1n) is 8.01. The molecule has 0 saturated carbocycles. The SMILES string of the molecule is C=CC(=O)Oc1ccc(C(C)(C)c2ccc(CCC)cc2)cc1. The topological polar surface area (TPSA) is 26.3 Å². The second-order valence-electron chi connectivity index (χ2n) is 6.22. The molecule has 0 aliphatic heterocycles. The van der Waals surface area contributed by atoms with E-state index in [0.29, 0.717) is 5.75 Å². The first-order chi connectivity index (χ1) is 11.0. The van der Waals surface area contributed by atoms with Gasteiger partial charge in [-0.25, -0.2) is 4.79 Å². The quantitative estimate of drug-likeness (QED) is 0.424. The Kier molecular flexibility index (Phi) is 5.38. The highest BCUT2D eigenvalue weighted by atomic mass is 16.5. The summed E-state index contributed by atoms with van der Waals surface area (Å²) in [6, 6.07) is 16.5. The lowest BCUT2D eigenvalue weighted by Gasteiger charge is -2.26. The van der Waals surface area contributed by atoms with Crippen LogP contribution >= 0.6 is 0 Å². The van der Waals surface area contributed by atoms with Gasteiger partial charge in [0.25, 0.3) is 0 Å². The highest BCUT2D eigenvalue weighted by Crippen LogP contribution is 2.32. The summed E-state index contributed by atoms with van der Waals surface area (Å²) >= 11 is 0. The highest BCUT2D eigenvalue weighted by molar-refractivity contribution is 5.83. The van der Waals surface area contributed by atoms with Crippen molar-refractivity contribution < 1.29 is 9.53 Å². The van der Waals surface area contributed by atoms with Crippen LogP contribution in [0.1, 0.15) is 43.9 Å². The third kappa shape index (κ3) is 4.10. The molecule has 0 aliphatic carbocycles. The molecule has 2 nitrogen and oxygen atoms in total. The van der Waals surface area contributed by atoms with Crippen molar-refractivity contribution in [1.29, 1.82) is 0 Å². The van der Waals surface area contributed by atoms with Gasteiger partial charge in [-0.1, -0.05) is 70.2 Å². The summed E-state index contributed by atoms with van der Waals surface area (Å²) in [6.45, 7) is 9.99. The van der Waals surface area contributed by atoms with Gasteiger partial charge in [-0.15, -0.1) is 0 Å². The zero-order valence-corrected chi connectivity index (χ0v) is 14.1. The Hall–Kier alpha value is -2.35. The molecule has 0 unspecified atom stereocenters. The molecule has 0 N–H and O–H groups in total. The molecule has 0 amide bonds. The Morgan fingerprint density at radius 1 is 1.04 bits per heavy atom.